The van der Waals surface area contributed by atoms with Crippen LogP contribution in [0, 0.1) is 11.3 Å². The summed E-state index contributed by atoms with van der Waals surface area (Å²) >= 11 is 0. The van der Waals surface area contributed by atoms with Gasteiger partial charge in [-0.05, 0) is 48.4 Å². The molecule has 3 nitrogen and oxygen atoms in total. The van der Waals surface area contributed by atoms with Crippen LogP contribution in [0.1, 0.15) is 44.0 Å². The van der Waals surface area contributed by atoms with E-state index in [9.17, 15) is 4.79 Å². The first kappa shape index (κ1) is 16.8. The molecular formula is C16H25ClN2O. The maximum atomic E-state index is 12.4. The van der Waals surface area contributed by atoms with Crippen molar-refractivity contribution in [1.29, 1.82) is 0 Å². The fraction of sp³-hybridized carbons (Fsp3) is 0.562. The molecule has 1 aromatic rings. The third-order valence-electron chi connectivity index (χ3n) is 4.16. The first-order valence-electron chi connectivity index (χ1n) is 7.03. The lowest BCUT2D eigenvalue weighted by molar-refractivity contribution is 0.0609. The van der Waals surface area contributed by atoms with Crippen LogP contribution in [-0.2, 0) is 0 Å². The monoisotopic (exact) mass is 296 g/mol. The molecule has 0 bridgehead atoms. The van der Waals surface area contributed by atoms with Crippen LogP contribution >= 0.6 is 12.4 Å². The number of nitrogens with two attached hydrogens (primary N) is 1. The Morgan fingerprint density at radius 3 is 2.10 bits per heavy atom. The quantitative estimate of drug-likeness (QED) is 0.805. The van der Waals surface area contributed by atoms with Gasteiger partial charge >= 0.3 is 0 Å². The van der Waals surface area contributed by atoms with E-state index in [0.29, 0.717) is 17.0 Å². The Bertz CT molecular complexity index is 443. The van der Waals surface area contributed by atoms with Gasteiger partial charge in [0.15, 0.2) is 0 Å². The molecule has 1 aliphatic heterocycles. The van der Waals surface area contributed by atoms with Gasteiger partial charge < -0.3 is 10.6 Å². The number of amides is 1. The van der Waals surface area contributed by atoms with Gasteiger partial charge in [0.05, 0.1) is 0 Å². The smallest absolute Gasteiger partial charge is 0.253 e. The molecule has 20 heavy (non-hydrogen) atoms. The fourth-order valence-corrected chi connectivity index (χ4v) is 2.76. The minimum atomic E-state index is 0. The zero-order chi connectivity index (χ0) is 14.0. The number of carbonyl (C=O) groups is 1. The molecule has 1 saturated heterocycles. The molecule has 112 valence electrons. The van der Waals surface area contributed by atoms with Crippen molar-refractivity contribution in [2.45, 2.75) is 33.6 Å². The van der Waals surface area contributed by atoms with Crippen LogP contribution in [0.2, 0.25) is 0 Å². The van der Waals surface area contributed by atoms with Gasteiger partial charge in [0.2, 0.25) is 0 Å². The summed E-state index contributed by atoms with van der Waals surface area (Å²) in [5, 5.41) is 0. The van der Waals surface area contributed by atoms with Crippen molar-refractivity contribution in [2.75, 3.05) is 18.8 Å². The van der Waals surface area contributed by atoms with E-state index in [2.05, 4.69) is 20.8 Å². The molecule has 1 aromatic carbocycles. The Labute approximate surface area is 127 Å². The zero-order valence-electron chi connectivity index (χ0n) is 12.6. The highest BCUT2D eigenvalue weighted by Gasteiger charge is 2.30. The number of nitrogen functional groups attached to an aromatic ring is 1. The van der Waals surface area contributed by atoms with Crippen LogP contribution in [0.3, 0.4) is 0 Å². The molecule has 1 fully saturated rings. The van der Waals surface area contributed by atoms with Gasteiger partial charge in [0.25, 0.3) is 5.91 Å². The number of halogens is 1. The minimum absolute atomic E-state index is 0. The summed E-state index contributed by atoms with van der Waals surface area (Å²) in [5.74, 6) is 0.843. The third kappa shape index (κ3) is 3.89. The highest BCUT2D eigenvalue weighted by molar-refractivity contribution is 5.94. The van der Waals surface area contributed by atoms with E-state index in [4.69, 9.17) is 5.73 Å². The average molecular weight is 297 g/mol. The highest BCUT2D eigenvalue weighted by atomic mass is 35.5. The van der Waals surface area contributed by atoms with E-state index >= 15 is 0 Å². The van der Waals surface area contributed by atoms with Crippen LogP contribution in [0.4, 0.5) is 5.69 Å². The molecular weight excluding hydrogens is 272 g/mol. The fourth-order valence-electron chi connectivity index (χ4n) is 2.76. The average Bonchev–Trinajstić information content (AvgIpc) is 2.38. The van der Waals surface area contributed by atoms with Gasteiger partial charge in [-0.3, -0.25) is 4.79 Å². The zero-order valence-corrected chi connectivity index (χ0v) is 13.4. The van der Waals surface area contributed by atoms with Crippen molar-refractivity contribution >= 4 is 24.0 Å². The number of hydrogen-bond acceptors (Lipinski definition) is 2. The Kier molecular flexibility index (Phi) is 5.46. The SMILES string of the molecule is CC(C)(C)C1CCN(C(=O)c2ccc(N)cc2)CC1.Cl. The number of likely N-dealkylation sites (tertiary alicyclic amines) is 1. The molecule has 1 heterocycles. The Balaban J connectivity index is 0.00000200. The lowest BCUT2D eigenvalue weighted by Crippen LogP contribution is -2.41. The summed E-state index contributed by atoms with van der Waals surface area (Å²) < 4.78 is 0. The van der Waals surface area contributed by atoms with Crippen LogP contribution < -0.4 is 5.73 Å². The molecule has 4 heteroatoms. The number of hydrogen-bond donors (Lipinski definition) is 1. The number of benzene rings is 1. The van der Waals surface area contributed by atoms with Crippen molar-refractivity contribution in [2.24, 2.45) is 11.3 Å². The largest absolute Gasteiger partial charge is 0.399 e. The maximum Gasteiger partial charge on any atom is 0.253 e. The maximum absolute atomic E-state index is 12.4. The van der Waals surface area contributed by atoms with Gasteiger partial charge in [-0.15, -0.1) is 12.4 Å². The lowest BCUT2D eigenvalue weighted by atomic mass is 9.75. The summed E-state index contributed by atoms with van der Waals surface area (Å²) in [6.07, 6.45) is 2.20. The molecule has 0 unspecified atom stereocenters. The van der Waals surface area contributed by atoms with E-state index < -0.39 is 0 Å². The first-order chi connectivity index (χ1) is 8.88. The minimum Gasteiger partial charge on any atom is -0.399 e. The van der Waals surface area contributed by atoms with Gasteiger partial charge in [-0.2, -0.15) is 0 Å². The van der Waals surface area contributed by atoms with Crippen molar-refractivity contribution < 1.29 is 4.79 Å². The van der Waals surface area contributed by atoms with Crippen LogP contribution in [-0.4, -0.2) is 23.9 Å². The van der Waals surface area contributed by atoms with Crippen LogP contribution in [0.15, 0.2) is 24.3 Å². The highest BCUT2D eigenvalue weighted by Crippen LogP contribution is 2.34. The molecule has 2 N–H and O–H groups in total. The van der Waals surface area contributed by atoms with Crippen molar-refractivity contribution in [3.63, 3.8) is 0 Å². The predicted molar refractivity (Wildman–Crippen MR) is 86.2 cm³/mol. The molecule has 1 amide bonds. The van der Waals surface area contributed by atoms with Crippen LogP contribution in [0.25, 0.3) is 0 Å². The molecule has 0 spiro atoms. The number of nitrogens with zero attached hydrogens (tertiary/aromatic N) is 1. The second-order valence-electron chi connectivity index (χ2n) is 6.55. The Morgan fingerprint density at radius 2 is 1.65 bits per heavy atom. The first-order valence-corrected chi connectivity index (χ1v) is 7.03. The molecule has 0 aromatic heterocycles. The van der Waals surface area contributed by atoms with Gasteiger partial charge in [0.1, 0.15) is 0 Å². The molecule has 2 rings (SSSR count). The molecule has 1 aliphatic rings. The van der Waals surface area contributed by atoms with Crippen molar-refractivity contribution in [3.8, 4) is 0 Å². The third-order valence-corrected chi connectivity index (χ3v) is 4.16. The van der Waals surface area contributed by atoms with E-state index in [1.807, 2.05) is 17.0 Å². The predicted octanol–water partition coefficient (Wildman–Crippen LogP) is 3.59. The van der Waals surface area contributed by atoms with E-state index in [1.54, 1.807) is 12.1 Å². The normalized spacial score (nSPS) is 16.6. The van der Waals surface area contributed by atoms with Gasteiger partial charge in [-0.25, -0.2) is 0 Å². The molecule has 0 saturated carbocycles. The van der Waals surface area contributed by atoms with E-state index in [1.165, 1.54) is 0 Å². The number of carbonyl (C=O) groups excluding carboxylic acids is 1. The van der Waals surface area contributed by atoms with E-state index in [-0.39, 0.29) is 18.3 Å². The summed E-state index contributed by atoms with van der Waals surface area (Å²) in [4.78, 5) is 14.3. The number of rotatable bonds is 1. The number of anilines is 1. The van der Waals surface area contributed by atoms with Crippen LogP contribution in [0.5, 0.6) is 0 Å². The lowest BCUT2D eigenvalue weighted by Gasteiger charge is -2.38. The van der Waals surface area contributed by atoms with Gasteiger partial charge in [-0.1, -0.05) is 20.8 Å². The summed E-state index contributed by atoms with van der Waals surface area (Å²) in [5.41, 5.74) is 7.43. The van der Waals surface area contributed by atoms with Crippen molar-refractivity contribution in [3.05, 3.63) is 29.8 Å². The Morgan fingerprint density at radius 1 is 1.15 bits per heavy atom. The molecule has 0 aliphatic carbocycles. The number of piperidine rings is 1. The topological polar surface area (TPSA) is 46.3 Å². The second-order valence-corrected chi connectivity index (χ2v) is 6.55. The summed E-state index contributed by atoms with van der Waals surface area (Å²) in [6, 6.07) is 7.20. The summed E-state index contributed by atoms with van der Waals surface area (Å²) in [6.45, 7) is 8.59. The standard InChI is InChI=1S/C16H24N2O.ClH/c1-16(2,3)13-8-10-18(11-9-13)15(19)12-4-6-14(17)7-5-12;/h4-7,13H,8-11,17H2,1-3H3;1H. The van der Waals surface area contributed by atoms with Gasteiger partial charge in [0, 0.05) is 24.3 Å². The Hall–Kier alpha value is -1.22. The van der Waals surface area contributed by atoms with Crippen molar-refractivity contribution in [1.82, 2.24) is 4.90 Å². The summed E-state index contributed by atoms with van der Waals surface area (Å²) in [7, 11) is 0. The van der Waals surface area contributed by atoms with E-state index in [0.717, 1.165) is 31.5 Å². The molecule has 0 radical (unpaired) electrons. The second kappa shape index (κ2) is 6.49. The molecule has 0 atom stereocenters.